The van der Waals surface area contributed by atoms with Crippen LogP contribution < -0.4 is 15.4 Å². The Kier molecular flexibility index (Phi) is 5.52. The van der Waals surface area contributed by atoms with Crippen molar-refractivity contribution in [3.05, 3.63) is 84.2 Å². The van der Waals surface area contributed by atoms with E-state index in [0.29, 0.717) is 29.3 Å². The van der Waals surface area contributed by atoms with Crippen molar-refractivity contribution in [2.24, 2.45) is 5.92 Å². The number of hydrogen-bond donors (Lipinski definition) is 2. The summed E-state index contributed by atoms with van der Waals surface area (Å²) in [7, 11) is 0. The molecule has 1 aliphatic carbocycles. The number of pyridine rings is 1. The first-order chi connectivity index (χ1) is 14.2. The minimum Gasteiger partial charge on any atom is -0.489 e. The zero-order valence-corrected chi connectivity index (χ0v) is 15.8. The summed E-state index contributed by atoms with van der Waals surface area (Å²) in [6.45, 7) is 0.397. The lowest BCUT2D eigenvalue weighted by Crippen LogP contribution is -2.15. The number of carbonyl (C=O) groups excluding carboxylic acids is 2. The molecule has 0 atom stereocenters. The zero-order chi connectivity index (χ0) is 20.1. The van der Waals surface area contributed by atoms with E-state index in [1.54, 1.807) is 48.8 Å². The van der Waals surface area contributed by atoms with Crippen LogP contribution in [0.15, 0.2) is 73.1 Å². The Morgan fingerprint density at radius 3 is 2.52 bits per heavy atom. The number of benzene rings is 2. The molecule has 0 unspecified atom stereocenters. The van der Waals surface area contributed by atoms with Gasteiger partial charge in [0, 0.05) is 46.9 Å². The highest BCUT2D eigenvalue weighted by atomic mass is 16.5. The maximum absolute atomic E-state index is 12.6. The SMILES string of the molecule is O=C(Nc1cccc(OCc2cccnc2)c1)c1cccc(NC(=O)C2CC2)c1. The van der Waals surface area contributed by atoms with E-state index < -0.39 is 0 Å². The van der Waals surface area contributed by atoms with Crippen LogP contribution in [0.25, 0.3) is 0 Å². The summed E-state index contributed by atoms with van der Waals surface area (Å²) < 4.78 is 5.77. The molecule has 6 heteroatoms. The lowest BCUT2D eigenvalue weighted by atomic mass is 10.1. The molecule has 1 fully saturated rings. The van der Waals surface area contributed by atoms with E-state index in [1.807, 2.05) is 24.3 Å². The highest BCUT2D eigenvalue weighted by Gasteiger charge is 2.29. The largest absolute Gasteiger partial charge is 0.489 e. The molecule has 2 amide bonds. The number of ether oxygens (including phenoxy) is 1. The van der Waals surface area contributed by atoms with Gasteiger partial charge in [-0.05, 0) is 49.2 Å². The third-order valence-corrected chi connectivity index (χ3v) is 4.56. The number of rotatable bonds is 7. The average Bonchev–Trinajstić information content (AvgIpc) is 3.59. The fourth-order valence-corrected chi connectivity index (χ4v) is 2.85. The van der Waals surface area contributed by atoms with E-state index in [2.05, 4.69) is 15.6 Å². The molecule has 3 aromatic rings. The van der Waals surface area contributed by atoms with Crippen LogP contribution in [-0.4, -0.2) is 16.8 Å². The van der Waals surface area contributed by atoms with E-state index >= 15 is 0 Å². The van der Waals surface area contributed by atoms with Gasteiger partial charge in [-0.2, -0.15) is 0 Å². The van der Waals surface area contributed by atoms with Gasteiger partial charge in [-0.3, -0.25) is 14.6 Å². The van der Waals surface area contributed by atoms with E-state index in [1.165, 1.54) is 0 Å². The highest BCUT2D eigenvalue weighted by molar-refractivity contribution is 6.05. The van der Waals surface area contributed by atoms with Gasteiger partial charge in [-0.25, -0.2) is 0 Å². The molecule has 0 radical (unpaired) electrons. The quantitative estimate of drug-likeness (QED) is 0.635. The maximum atomic E-state index is 12.6. The van der Waals surface area contributed by atoms with Crippen LogP contribution in [0, 0.1) is 5.92 Å². The molecule has 1 heterocycles. The smallest absolute Gasteiger partial charge is 0.255 e. The van der Waals surface area contributed by atoms with Crippen LogP contribution in [0.4, 0.5) is 11.4 Å². The molecule has 1 aromatic heterocycles. The topological polar surface area (TPSA) is 80.3 Å². The molecule has 2 N–H and O–H groups in total. The molecular formula is C23H21N3O3. The van der Waals surface area contributed by atoms with Gasteiger partial charge in [0.25, 0.3) is 5.91 Å². The summed E-state index contributed by atoms with van der Waals surface area (Å²) in [4.78, 5) is 28.6. The van der Waals surface area contributed by atoms with Crippen LogP contribution in [0.2, 0.25) is 0 Å². The number of anilines is 2. The first-order valence-electron chi connectivity index (χ1n) is 9.51. The van der Waals surface area contributed by atoms with Crippen molar-refractivity contribution in [2.45, 2.75) is 19.4 Å². The van der Waals surface area contributed by atoms with E-state index in [-0.39, 0.29) is 17.7 Å². The average molecular weight is 387 g/mol. The second kappa shape index (κ2) is 8.56. The Morgan fingerprint density at radius 1 is 0.966 bits per heavy atom. The zero-order valence-electron chi connectivity index (χ0n) is 15.8. The summed E-state index contributed by atoms with van der Waals surface area (Å²) >= 11 is 0. The molecule has 1 saturated carbocycles. The third kappa shape index (κ3) is 5.19. The molecule has 2 aromatic carbocycles. The predicted molar refractivity (Wildman–Crippen MR) is 111 cm³/mol. The molecule has 146 valence electrons. The maximum Gasteiger partial charge on any atom is 0.255 e. The van der Waals surface area contributed by atoms with Crippen molar-refractivity contribution >= 4 is 23.2 Å². The Morgan fingerprint density at radius 2 is 1.76 bits per heavy atom. The van der Waals surface area contributed by atoms with Crippen molar-refractivity contribution < 1.29 is 14.3 Å². The van der Waals surface area contributed by atoms with Gasteiger partial charge in [0.15, 0.2) is 0 Å². The van der Waals surface area contributed by atoms with Gasteiger partial charge in [-0.15, -0.1) is 0 Å². The van der Waals surface area contributed by atoms with Crippen LogP contribution in [-0.2, 0) is 11.4 Å². The lowest BCUT2D eigenvalue weighted by Gasteiger charge is -2.10. The van der Waals surface area contributed by atoms with Crippen LogP contribution in [0.5, 0.6) is 5.75 Å². The Bertz CT molecular complexity index is 1020. The molecule has 0 saturated heterocycles. The minimum atomic E-state index is -0.253. The molecular weight excluding hydrogens is 366 g/mol. The Balaban J connectivity index is 1.38. The fraction of sp³-hybridized carbons (Fsp3) is 0.174. The number of amides is 2. The normalized spacial score (nSPS) is 12.8. The Hall–Kier alpha value is -3.67. The van der Waals surface area contributed by atoms with Gasteiger partial charge in [-0.1, -0.05) is 18.2 Å². The Labute approximate surface area is 168 Å². The van der Waals surface area contributed by atoms with Crippen molar-refractivity contribution in [3.63, 3.8) is 0 Å². The summed E-state index contributed by atoms with van der Waals surface area (Å²) in [6, 6.07) is 17.9. The van der Waals surface area contributed by atoms with Gasteiger partial charge in [0.1, 0.15) is 12.4 Å². The van der Waals surface area contributed by atoms with E-state index in [0.717, 1.165) is 18.4 Å². The molecule has 6 nitrogen and oxygen atoms in total. The summed E-state index contributed by atoms with van der Waals surface area (Å²) in [5.74, 6) is 0.525. The van der Waals surface area contributed by atoms with Crippen LogP contribution in [0.3, 0.4) is 0 Å². The van der Waals surface area contributed by atoms with Gasteiger partial charge >= 0.3 is 0 Å². The molecule has 0 bridgehead atoms. The molecule has 4 rings (SSSR count). The first kappa shape index (κ1) is 18.7. The first-order valence-corrected chi connectivity index (χ1v) is 9.51. The molecule has 1 aliphatic rings. The fourth-order valence-electron chi connectivity index (χ4n) is 2.85. The van der Waals surface area contributed by atoms with E-state index in [9.17, 15) is 9.59 Å². The summed E-state index contributed by atoms with van der Waals surface area (Å²) in [5.41, 5.74) is 2.70. The molecule has 0 aliphatic heterocycles. The number of carbonyl (C=O) groups is 2. The second-order valence-electron chi connectivity index (χ2n) is 6.98. The van der Waals surface area contributed by atoms with Crippen LogP contribution >= 0.6 is 0 Å². The third-order valence-electron chi connectivity index (χ3n) is 4.56. The summed E-state index contributed by atoms with van der Waals surface area (Å²) in [6.07, 6.45) is 5.34. The second-order valence-corrected chi connectivity index (χ2v) is 6.98. The number of aromatic nitrogens is 1. The van der Waals surface area contributed by atoms with Gasteiger partial charge < -0.3 is 15.4 Å². The summed E-state index contributed by atoms with van der Waals surface area (Å²) in [5, 5.41) is 5.73. The molecule has 0 spiro atoms. The van der Waals surface area contributed by atoms with Crippen molar-refractivity contribution in [1.29, 1.82) is 0 Å². The van der Waals surface area contributed by atoms with Gasteiger partial charge in [0.2, 0.25) is 5.91 Å². The van der Waals surface area contributed by atoms with Crippen LogP contribution in [0.1, 0.15) is 28.8 Å². The van der Waals surface area contributed by atoms with Crippen molar-refractivity contribution in [1.82, 2.24) is 4.98 Å². The van der Waals surface area contributed by atoms with Gasteiger partial charge in [0.05, 0.1) is 0 Å². The lowest BCUT2D eigenvalue weighted by molar-refractivity contribution is -0.117. The number of hydrogen-bond acceptors (Lipinski definition) is 4. The highest BCUT2D eigenvalue weighted by Crippen LogP contribution is 2.30. The monoisotopic (exact) mass is 387 g/mol. The molecule has 29 heavy (non-hydrogen) atoms. The van der Waals surface area contributed by atoms with Crippen molar-refractivity contribution in [3.8, 4) is 5.75 Å². The standard InChI is InChI=1S/C23H21N3O3/c27-22(17-9-10-17)25-19-6-1-5-18(12-19)23(28)26-20-7-2-8-21(13-20)29-15-16-4-3-11-24-14-16/h1-8,11-14,17H,9-10,15H2,(H,25,27)(H,26,28). The number of nitrogens with one attached hydrogen (secondary N) is 2. The predicted octanol–water partition coefficient (Wildman–Crippen LogP) is 4.26. The number of nitrogens with zero attached hydrogens (tertiary/aromatic N) is 1. The van der Waals surface area contributed by atoms with E-state index in [4.69, 9.17) is 4.74 Å². The minimum absolute atomic E-state index is 0.0148. The van der Waals surface area contributed by atoms with Crippen molar-refractivity contribution in [2.75, 3.05) is 10.6 Å².